The zero-order valence-corrected chi connectivity index (χ0v) is 13.5. The van der Waals surface area contributed by atoms with E-state index in [-0.39, 0.29) is 18.1 Å². The minimum absolute atomic E-state index is 0.0622. The van der Waals surface area contributed by atoms with Crippen LogP contribution in [-0.4, -0.2) is 22.7 Å². The molecule has 1 atom stereocenters. The topological polar surface area (TPSA) is 77.3 Å². The minimum atomic E-state index is -2.92. The van der Waals surface area contributed by atoms with Crippen LogP contribution in [0.2, 0.25) is 0 Å². The summed E-state index contributed by atoms with van der Waals surface area (Å²) in [5, 5.41) is 6.47. The van der Waals surface area contributed by atoms with E-state index in [4.69, 9.17) is 4.52 Å². The van der Waals surface area contributed by atoms with Crippen molar-refractivity contribution < 1.29 is 22.8 Å². The lowest BCUT2D eigenvalue weighted by atomic mass is 10.0. The number of nitrogens with zero attached hydrogens (tertiary/aromatic N) is 2. The molecule has 0 fully saturated rings. The Morgan fingerprint density at radius 1 is 1.38 bits per heavy atom. The number of para-hydroxylation sites is 1. The Labute approximate surface area is 138 Å². The molecule has 1 amide bonds. The smallest absolute Gasteiger partial charge is 0.387 e. The highest BCUT2D eigenvalue weighted by molar-refractivity contribution is 5.76. The van der Waals surface area contributed by atoms with E-state index in [1.807, 2.05) is 6.92 Å². The standard InChI is InChI=1S/C16H19F2N3O3/c1-3-12(11-6-4-5-7-13(11)23-16(17)18)20-14(22)8-9-15-19-10(2)21-24-15/h4-7,12,16H,3,8-9H2,1-2H3,(H,20,22). The quantitative estimate of drug-likeness (QED) is 0.799. The number of carbonyl (C=O) groups is 1. The lowest BCUT2D eigenvalue weighted by molar-refractivity contribution is -0.121. The molecular formula is C16H19F2N3O3. The fourth-order valence-corrected chi connectivity index (χ4v) is 2.30. The molecule has 1 unspecified atom stereocenters. The summed E-state index contributed by atoms with van der Waals surface area (Å²) in [6.07, 6.45) is 1.02. The molecule has 130 valence electrons. The van der Waals surface area contributed by atoms with Gasteiger partial charge in [-0.3, -0.25) is 4.79 Å². The first-order valence-electron chi connectivity index (χ1n) is 7.62. The average Bonchev–Trinajstić information content (AvgIpc) is 2.96. The van der Waals surface area contributed by atoms with Crippen LogP contribution in [0.4, 0.5) is 8.78 Å². The predicted octanol–water partition coefficient (Wildman–Crippen LogP) is 3.18. The van der Waals surface area contributed by atoms with Gasteiger partial charge in [0.25, 0.3) is 0 Å². The van der Waals surface area contributed by atoms with Gasteiger partial charge in [-0.1, -0.05) is 30.3 Å². The van der Waals surface area contributed by atoms with E-state index < -0.39 is 12.7 Å². The van der Waals surface area contributed by atoms with E-state index in [1.165, 1.54) is 6.07 Å². The first kappa shape index (κ1) is 17.8. The molecule has 0 spiro atoms. The Morgan fingerprint density at radius 2 is 2.12 bits per heavy atom. The molecule has 24 heavy (non-hydrogen) atoms. The molecule has 0 radical (unpaired) electrons. The maximum Gasteiger partial charge on any atom is 0.387 e. The number of benzene rings is 1. The van der Waals surface area contributed by atoms with Crippen molar-refractivity contribution in [3.05, 3.63) is 41.5 Å². The zero-order valence-electron chi connectivity index (χ0n) is 13.5. The normalized spacial score (nSPS) is 12.2. The zero-order chi connectivity index (χ0) is 17.5. The molecule has 2 aromatic rings. The summed E-state index contributed by atoms with van der Waals surface area (Å²) in [6, 6.07) is 6.01. The SMILES string of the molecule is CCC(NC(=O)CCc1nc(C)no1)c1ccccc1OC(F)F. The van der Waals surface area contributed by atoms with Crippen molar-refractivity contribution in [2.45, 2.75) is 45.8 Å². The molecule has 6 nitrogen and oxygen atoms in total. The largest absolute Gasteiger partial charge is 0.434 e. The number of rotatable bonds is 8. The summed E-state index contributed by atoms with van der Waals surface area (Å²) in [5.74, 6) is 0.726. The summed E-state index contributed by atoms with van der Waals surface area (Å²) >= 11 is 0. The Morgan fingerprint density at radius 3 is 2.75 bits per heavy atom. The third kappa shape index (κ3) is 5.00. The van der Waals surface area contributed by atoms with Crippen LogP contribution in [0.3, 0.4) is 0 Å². The first-order valence-corrected chi connectivity index (χ1v) is 7.62. The second-order valence-electron chi connectivity index (χ2n) is 5.18. The summed E-state index contributed by atoms with van der Waals surface area (Å²) < 4.78 is 34.5. The van der Waals surface area contributed by atoms with Crippen LogP contribution in [0.15, 0.2) is 28.8 Å². The Hall–Kier alpha value is -2.51. The average molecular weight is 339 g/mol. The molecular weight excluding hydrogens is 320 g/mol. The van der Waals surface area contributed by atoms with Gasteiger partial charge in [0.1, 0.15) is 5.75 Å². The Kier molecular flexibility index (Phi) is 6.22. The van der Waals surface area contributed by atoms with E-state index in [0.717, 1.165) is 0 Å². The molecule has 1 heterocycles. The second-order valence-corrected chi connectivity index (χ2v) is 5.18. The maximum atomic E-state index is 12.5. The van der Waals surface area contributed by atoms with Crippen molar-refractivity contribution in [1.29, 1.82) is 0 Å². The number of carbonyl (C=O) groups excluding carboxylic acids is 1. The molecule has 0 aliphatic heterocycles. The van der Waals surface area contributed by atoms with Gasteiger partial charge in [0.2, 0.25) is 11.8 Å². The number of halogens is 2. The lowest BCUT2D eigenvalue weighted by Gasteiger charge is -2.20. The third-order valence-corrected chi connectivity index (χ3v) is 3.39. The predicted molar refractivity (Wildman–Crippen MR) is 81.6 cm³/mol. The Bertz CT molecular complexity index is 676. The lowest BCUT2D eigenvalue weighted by Crippen LogP contribution is -2.28. The van der Waals surface area contributed by atoms with Crippen molar-refractivity contribution in [1.82, 2.24) is 15.5 Å². The van der Waals surface area contributed by atoms with E-state index in [9.17, 15) is 13.6 Å². The van der Waals surface area contributed by atoms with E-state index in [1.54, 1.807) is 25.1 Å². The molecule has 0 bridgehead atoms. The van der Waals surface area contributed by atoms with Gasteiger partial charge < -0.3 is 14.6 Å². The molecule has 8 heteroatoms. The molecule has 0 saturated heterocycles. The minimum Gasteiger partial charge on any atom is -0.434 e. The van der Waals surface area contributed by atoms with Gasteiger partial charge in [-0.15, -0.1) is 0 Å². The van der Waals surface area contributed by atoms with Crippen molar-refractivity contribution in [3.8, 4) is 5.75 Å². The highest BCUT2D eigenvalue weighted by atomic mass is 19.3. The van der Waals surface area contributed by atoms with Crippen LogP contribution in [0, 0.1) is 6.92 Å². The summed E-state index contributed by atoms with van der Waals surface area (Å²) in [7, 11) is 0. The molecule has 2 rings (SSSR count). The second kappa shape index (κ2) is 8.37. The van der Waals surface area contributed by atoms with E-state index in [0.29, 0.717) is 30.1 Å². The fraction of sp³-hybridized carbons (Fsp3) is 0.438. The van der Waals surface area contributed by atoms with Gasteiger partial charge in [0.05, 0.1) is 6.04 Å². The van der Waals surface area contributed by atoms with Crippen molar-refractivity contribution in [2.24, 2.45) is 0 Å². The van der Waals surface area contributed by atoms with Gasteiger partial charge in [0, 0.05) is 18.4 Å². The molecule has 0 saturated carbocycles. The number of amides is 1. The molecule has 0 aliphatic carbocycles. The van der Waals surface area contributed by atoms with Crippen molar-refractivity contribution >= 4 is 5.91 Å². The Balaban J connectivity index is 1.99. The molecule has 1 N–H and O–H groups in total. The first-order chi connectivity index (χ1) is 11.5. The van der Waals surface area contributed by atoms with Crippen LogP contribution >= 0.6 is 0 Å². The highest BCUT2D eigenvalue weighted by Gasteiger charge is 2.19. The monoisotopic (exact) mass is 339 g/mol. The van der Waals surface area contributed by atoms with Gasteiger partial charge >= 0.3 is 6.61 Å². The van der Waals surface area contributed by atoms with Gasteiger partial charge in [-0.05, 0) is 19.4 Å². The summed E-state index contributed by atoms with van der Waals surface area (Å²) in [5.41, 5.74) is 0.516. The number of hydrogen-bond acceptors (Lipinski definition) is 5. The maximum absolute atomic E-state index is 12.5. The molecule has 0 aliphatic rings. The number of aromatic nitrogens is 2. The third-order valence-electron chi connectivity index (χ3n) is 3.39. The number of alkyl halides is 2. The molecule has 1 aromatic heterocycles. The molecule has 1 aromatic carbocycles. The van der Waals surface area contributed by atoms with Gasteiger partial charge in [-0.2, -0.15) is 13.8 Å². The van der Waals surface area contributed by atoms with Gasteiger partial charge in [0.15, 0.2) is 5.82 Å². The van der Waals surface area contributed by atoms with Crippen LogP contribution < -0.4 is 10.1 Å². The number of nitrogens with one attached hydrogen (secondary N) is 1. The number of hydrogen-bond donors (Lipinski definition) is 1. The van der Waals surface area contributed by atoms with E-state index in [2.05, 4.69) is 20.2 Å². The van der Waals surface area contributed by atoms with Crippen LogP contribution in [0.5, 0.6) is 5.75 Å². The fourth-order valence-electron chi connectivity index (χ4n) is 2.30. The van der Waals surface area contributed by atoms with Crippen LogP contribution in [0.25, 0.3) is 0 Å². The number of ether oxygens (including phenoxy) is 1. The summed E-state index contributed by atoms with van der Waals surface area (Å²) in [4.78, 5) is 16.1. The number of aryl methyl sites for hydroxylation is 2. The highest BCUT2D eigenvalue weighted by Crippen LogP contribution is 2.28. The van der Waals surface area contributed by atoms with Crippen molar-refractivity contribution in [3.63, 3.8) is 0 Å². The van der Waals surface area contributed by atoms with Crippen LogP contribution in [0.1, 0.15) is 43.1 Å². The van der Waals surface area contributed by atoms with E-state index >= 15 is 0 Å². The van der Waals surface area contributed by atoms with Gasteiger partial charge in [-0.25, -0.2) is 0 Å². The summed E-state index contributed by atoms with van der Waals surface area (Å²) in [6.45, 7) is 0.631. The van der Waals surface area contributed by atoms with Crippen LogP contribution in [-0.2, 0) is 11.2 Å². The van der Waals surface area contributed by atoms with Crippen molar-refractivity contribution in [2.75, 3.05) is 0 Å².